The molecule has 0 saturated carbocycles. The summed E-state index contributed by atoms with van der Waals surface area (Å²) >= 11 is 0. The van der Waals surface area contributed by atoms with E-state index >= 15 is 0 Å². The van der Waals surface area contributed by atoms with Gasteiger partial charge in [0.05, 0.1) is 19.2 Å². The summed E-state index contributed by atoms with van der Waals surface area (Å²) in [5.41, 5.74) is 3.57. The fourth-order valence-electron chi connectivity index (χ4n) is 2.56. The van der Waals surface area contributed by atoms with Crippen LogP contribution in [0.25, 0.3) is 10.8 Å². The van der Waals surface area contributed by atoms with Crippen LogP contribution in [0.2, 0.25) is 0 Å². The lowest BCUT2D eigenvalue weighted by Gasteiger charge is -2.06. The Balaban J connectivity index is 1.57. The van der Waals surface area contributed by atoms with Crippen molar-refractivity contribution in [2.45, 2.75) is 19.9 Å². The Hall–Kier alpha value is -3.41. The van der Waals surface area contributed by atoms with Gasteiger partial charge in [-0.2, -0.15) is 5.10 Å². The first-order valence-electron chi connectivity index (χ1n) is 8.24. The van der Waals surface area contributed by atoms with Crippen LogP contribution >= 0.6 is 0 Å². The Labute approximate surface area is 150 Å². The molecule has 0 aliphatic heterocycles. The van der Waals surface area contributed by atoms with Gasteiger partial charge in [0.2, 0.25) is 5.91 Å². The number of carbonyl (C=O) groups is 2. The highest BCUT2D eigenvalue weighted by Crippen LogP contribution is 2.18. The maximum atomic E-state index is 12.4. The molecule has 6 nitrogen and oxygen atoms in total. The number of amides is 2. The van der Waals surface area contributed by atoms with Gasteiger partial charge in [0, 0.05) is 11.3 Å². The van der Waals surface area contributed by atoms with Gasteiger partial charge in [-0.15, -0.1) is 0 Å². The number of carbonyl (C=O) groups excluding carboxylic acids is 2. The number of furan rings is 1. The first kappa shape index (κ1) is 17.4. The maximum absolute atomic E-state index is 12.4. The number of hydrogen-bond acceptors (Lipinski definition) is 4. The van der Waals surface area contributed by atoms with Gasteiger partial charge in [0.15, 0.2) is 0 Å². The van der Waals surface area contributed by atoms with Crippen molar-refractivity contribution >= 4 is 28.3 Å². The van der Waals surface area contributed by atoms with Gasteiger partial charge >= 0.3 is 0 Å². The number of hydrazone groups is 1. The van der Waals surface area contributed by atoms with Crippen molar-refractivity contribution in [1.82, 2.24) is 10.7 Å². The van der Waals surface area contributed by atoms with Crippen molar-refractivity contribution in [3.05, 3.63) is 72.2 Å². The molecule has 0 bridgehead atoms. The average Bonchev–Trinajstić information content (AvgIpc) is 3.17. The van der Waals surface area contributed by atoms with E-state index in [0.29, 0.717) is 23.6 Å². The van der Waals surface area contributed by atoms with Crippen LogP contribution in [0.5, 0.6) is 0 Å². The molecule has 2 N–H and O–H groups in total. The maximum Gasteiger partial charge on any atom is 0.271 e. The van der Waals surface area contributed by atoms with E-state index in [1.54, 1.807) is 31.4 Å². The van der Waals surface area contributed by atoms with Gasteiger partial charge in [-0.3, -0.25) is 9.59 Å². The van der Waals surface area contributed by atoms with Crippen molar-refractivity contribution < 1.29 is 14.0 Å². The average molecular weight is 349 g/mol. The summed E-state index contributed by atoms with van der Waals surface area (Å²) in [5, 5.41) is 8.60. The van der Waals surface area contributed by atoms with Crippen molar-refractivity contribution in [3.8, 4) is 0 Å². The second-order valence-electron chi connectivity index (χ2n) is 5.85. The van der Waals surface area contributed by atoms with Crippen LogP contribution < -0.4 is 10.7 Å². The Morgan fingerprint density at radius 2 is 1.85 bits per heavy atom. The lowest BCUT2D eigenvalue weighted by atomic mass is 10.0. The highest BCUT2D eigenvalue weighted by atomic mass is 16.3. The van der Waals surface area contributed by atoms with E-state index in [1.165, 1.54) is 0 Å². The van der Waals surface area contributed by atoms with E-state index in [1.807, 2.05) is 36.4 Å². The summed E-state index contributed by atoms with van der Waals surface area (Å²) in [6, 6.07) is 16.7. The Morgan fingerprint density at radius 3 is 2.65 bits per heavy atom. The standard InChI is InChI=1S/C20H19N3O3/c1-14(12-19(24)21-13-16-8-5-11-26-16)22-23-20(25)18-10-4-7-15-6-2-3-9-17(15)18/h2-11H,12-13H2,1H3,(H,21,24)(H,23,25)/b22-14+. The van der Waals surface area contributed by atoms with Crippen molar-refractivity contribution in [1.29, 1.82) is 0 Å². The van der Waals surface area contributed by atoms with E-state index in [9.17, 15) is 9.59 Å². The van der Waals surface area contributed by atoms with Crippen LogP contribution in [0.15, 0.2) is 70.4 Å². The van der Waals surface area contributed by atoms with Crippen LogP contribution in [0, 0.1) is 0 Å². The molecule has 1 heterocycles. The minimum absolute atomic E-state index is 0.0938. The molecule has 0 radical (unpaired) electrons. The highest BCUT2D eigenvalue weighted by Gasteiger charge is 2.10. The Kier molecular flexibility index (Phi) is 5.43. The van der Waals surface area contributed by atoms with Crippen LogP contribution in [0.3, 0.4) is 0 Å². The SMILES string of the molecule is C/C(CC(=O)NCc1ccco1)=N\NC(=O)c1cccc2ccccc12. The second kappa shape index (κ2) is 8.11. The molecular weight excluding hydrogens is 330 g/mol. The van der Waals surface area contributed by atoms with Gasteiger partial charge in [0.1, 0.15) is 5.76 Å². The first-order valence-corrected chi connectivity index (χ1v) is 8.24. The molecular formula is C20H19N3O3. The number of fused-ring (bicyclic) bond motifs is 1. The smallest absolute Gasteiger partial charge is 0.271 e. The van der Waals surface area contributed by atoms with Crippen molar-refractivity contribution in [2.75, 3.05) is 0 Å². The van der Waals surface area contributed by atoms with Crippen LogP contribution in [-0.2, 0) is 11.3 Å². The minimum atomic E-state index is -0.308. The van der Waals surface area contributed by atoms with Gasteiger partial charge in [-0.25, -0.2) is 5.43 Å². The summed E-state index contributed by atoms with van der Waals surface area (Å²) in [6.45, 7) is 2.01. The summed E-state index contributed by atoms with van der Waals surface area (Å²) in [7, 11) is 0. The molecule has 3 rings (SSSR count). The summed E-state index contributed by atoms with van der Waals surface area (Å²) in [5.74, 6) is 0.177. The Morgan fingerprint density at radius 1 is 1.04 bits per heavy atom. The molecule has 0 aliphatic rings. The number of rotatable bonds is 6. The molecule has 0 unspecified atom stereocenters. The normalized spacial score (nSPS) is 11.3. The second-order valence-corrected chi connectivity index (χ2v) is 5.85. The summed E-state index contributed by atoms with van der Waals surface area (Å²) in [4.78, 5) is 24.3. The zero-order valence-corrected chi connectivity index (χ0v) is 14.4. The minimum Gasteiger partial charge on any atom is -0.467 e. The monoisotopic (exact) mass is 349 g/mol. The highest BCUT2D eigenvalue weighted by molar-refractivity contribution is 6.07. The largest absolute Gasteiger partial charge is 0.467 e. The number of benzene rings is 2. The van der Waals surface area contributed by atoms with Gasteiger partial charge < -0.3 is 9.73 Å². The molecule has 26 heavy (non-hydrogen) atoms. The van der Waals surface area contributed by atoms with E-state index in [0.717, 1.165) is 10.8 Å². The molecule has 0 spiro atoms. The Bertz CT molecular complexity index is 941. The molecule has 1 aromatic heterocycles. The molecule has 2 amide bonds. The van der Waals surface area contributed by atoms with Gasteiger partial charge in [0.25, 0.3) is 5.91 Å². The fourth-order valence-corrected chi connectivity index (χ4v) is 2.56. The number of nitrogens with zero attached hydrogens (tertiary/aromatic N) is 1. The van der Waals surface area contributed by atoms with E-state index in [2.05, 4.69) is 15.8 Å². The third-order valence-electron chi connectivity index (χ3n) is 3.84. The van der Waals surface area contributed by atoms with E-state index < -0.39 is 0 Å². The number of hydrogen-bond donors (Lipinski definition) is 2. The zero-order chi connectivity index (χ0) is 18.4. The quantitative estimate of drug-likeness (QED) is 0.529. The predicted octanol–water partition coefficient (Wildman–Crippen LogP) is 3.25. The fraction of sp³-hybridized carbons (Fsp3) is 0.150. The van der Waals surface area contributed by atoms with Crippen molar-refractivity contribution in [3.63, 3.8) is 0 Å². The molecule has 0 fully saturated rings. The number of nitrogens with one attached hydrogen (secondary N) is 2. The topological polar surface area (TPSA) is 83.7 Å². The molecule has 3 aromatic rings. The molecule has 2 aromatic carbocycles. The molecule has 6 heteroatoms. The van der Waals surface area contributed by atoms with E-state index in [4.69, 9.17) is 4.42 Å². The summed E-state index contributed by atoms with van der Waals surface area (Å²) < 4.78 is 5.15. The summed E-state index contributed by atoms with van der Waals surface area (Å²) in [6.07, 6.45) is 1.65. The van der Waals surface area contributed by atoms with Crippen LogP contribution in [-0.4, -0.2) is 17.5 Å². The molecule has 0 atom stereocenters. The van der Waals surface area contributed by atoms with Crippen molar-refractivity contribution in [2.24, 2.45) is 5.10 Å². The third-order valence-corrected chi connectivity index (χ3v) is 3.84. The lowest BCUT2D eigenvalue weighted by molar-refractivity contribution is -0.120. The van der Waals surface area contributed by atoms with Crippen LogP contribution in [0.4, 0.5) is 0 Å². The lowest BCUT2D eigenvalue weighted by Crippen LogP contribution is -2.26. The van der Waals surface area contributed by atoms with Gasteiger partial charge in [-0.1, -0.05) is 36.4 Å². The van der Waals surface area contributed by atoms with Gasteiger partial charge in [-0.05, 0) is 35.9 Å². The molecule has 0 saturated heterocycles. The van der Waals surface area contributed by atoms with E-state index in [-0.39, 0.29) is 18.2 Å². The first-order chi connectivity index (χ1) is 12.6. The zero-order valence-electron chi connectivity index (χ0n) is 14.4. The third kappa shape index (κ3) is 4.36. The molecule has 132 valence electrons. The predicted molar refractivity (Wildman–Crippen MR) is 99.7 cm³/mol. The van der Waals surface area contributed by atoms with Crippen LogP contribution in [0.1, 0.15) is 29.5 Å². The molecule has 0 aliphatic carbocycles.